The van der Waals surface area contributed by atoms with Crippen LogP contribution in [0.15, 0.2) is 54.7 Å². The molecule has 2 atom stereocenters. The first kappa shape index (κ1) is 26.7. The normalized spacial score (nSPS) is 15.6. The molecule has 2 heterocycles. The Kier molecular flexibility index (Phi) is 7.70. The lowest BCUT2D eigenvalue weighted by atomic mass is 10.0. The first-order valence-electron chi connectivity index (χ1n) is 11.9. The number of aromatic amines is 1. The summed E-state index contributed by atoms with van der Waals surface area (Å²) in [6, 6.07) is 10.0. The Bertz CT molecular complexity index is 1370. The Hall–Kier alpha value is -4.35. The molecule has 1 aliphatic rings. The first-order chi connectivity index (χ1) is 18.0. The van der Waals surface area contributed by atoms with Crippen LogP contribution in [0.3, 0.4) is 0 Å². The molecular formula is C26H26F3N5O4. The van der Waals surface area contributed by atoms with Crippen LogP contribution in [0.25, 0.3) is 10.9 Å². The Morgan fingerprint density at radius 1 is 1.03 bits per heavy atom. The molecule has 0 saturated carbocycles. The molecule has 4 N–H and O–H groups in total. The lowest BCUT2D eigenvalue weighted by Gasteiger charge is -2.32. The minimum Gasteiger partial charge on any atom is -0.361 e. The quantitative estimate of drug-likeness (QED) is 0.356. The molecule has 1 aliphatic heterocycles. The summed E-state index contributed by atoms with van der Waals surface area (Å²) in [5, 5.41) is 8.34. The van der Waals surface area contributed by atoms with Crippen molar-refractivity contribution in [2.45, 2.75) is 38.1 Å². The second-order valence-electron chi connectivity index (χ2n) is 8.97. The van der Waals surface area contributed by atoms with Crippen LogP contribution in [0.1, 0.15) is 23.6 Å². The molecule has 2 aromatic carbocycles. The number of halogens is 3. The van der Waals surface area contributed by atoms with E-state index in [4.69, 9.17) is 0 Å². The third-order valence-electron chi connectivity index (χ3n) is 6.43. The predicted octanol–water partition coefficient (Wildman–Crippen LogP) is 1.88. The number of carbonyl (C=O) groups is 4. The first-order valence-corrected chi connectivity index (χ1v) is 11.9. The smallest absolute Gasteiger partial charge is 0.361 e. The number of alkyl halides is 3. The number of aromatic nitrogens is 1. The van der Waals surface area contributed by atoms with E-state index < -0.39 is 54.0 Å². The van der Waals surface area contributed by atoms with Crippen molar-refractivity contribution in [3.63, 3.8) is 0 Å². The molecule has 4 rings (SSSR count). The van der Waals surface area contributed by atoms with Crippen LogP contribution in [0.5, 0.6) is 0 Å². The van der Waals surface area contributed by atoms with Crippen molar-refractivity contribution in [3.8, 4) is 0 Å². The maximum absolute atomic E-state index is 13.4. The summed E-state index contributed by atoms with van der Waals surface area (Å²) in [6.45, 7) is 0.483. The van der Waals surface area contributed by atoms with E-state index in [0.717, 1.165) is 21.9 Å². The summed E-state index contributed by atoms with van der Waals surface area (Å²) in [4.78, 5) is 54.5. The maximum Gasteiger partial charge on any atom is 0.416 e. The van der Waals surface area contributed by atoms with Gasteiger partial charge in [-0.3, -0.25) is 19.2 Å². The Balaban J connectivity index is 1.54. The number of nitrogens with one attached hydrogen (secondary N) is 4. The van der Waals surface area contributed by atoms with Crippen LogP contribution < -0.4 is 16.0 Å². The molecule has 12 heteroatoms. The van der Waals surface area contributed by atoms with E-state index in [0.29, 0.717) is 5.56 Å². The SMILES string of the molecule is CC(C(=O)NC(Cc1c[nH]c2ccccc12)C(=O)NCc1ccccc1C(F)(F)F)N1CC(=O)NCC1=O. The van der Waals surface area contributed by atoms with Gasteiger partial charge in [0.05, 0.1) is 12.1 Å². The molecule has 1 saturated heterocycles. The highest BCUT2D eigenvalue weighted by molar-refractivity contribution is 5.97. The van der Waals surface area contributed by atoms with Crippen molar-refractivity contribution in [1.82, 2.24) is 25.8 Å². The van der Waals surface area contributed by atoms with E-state index in [2.05, 4.69) is 20.9 Å². The second-order valence-corrected chi connectivity index (χ2v) is 8.97. The van der Waals surface area contributed by atoms with Gasteiger partial charge >= 0.3 is 6.18 Å². The summed E-state index contributed by atoms with van der Waals surface area (Å²) in [6.07, 6.45) is -2.87. The fraction of sp³-hybridized carbons (Fsp3) is 0.308. The molecule has 0 radical (unpaired) electrons. The molecule has 1 fully saturated rings. The van der Waals surface area contributed by atoms with Gasteiger partial charge in [-0.15, -0.1) is 0 Å². The maximum atomic E-state index is 13.4. The number of hydrogen-bond donors (Lipinski definition) is 4. The van der Waals surface area contributed by atoms with Crippen LogP contribution >= 0.6 is 0 Å². The van der Waals surface area contributed by atoms with Crippen LogP contribution in [-0.2, 0) is 38.3 Å². The van der Waals surface area contributed by atoms with Crippen LogP contribution in [-0.4, -0.2) is 58.7 Å². The summed E-state index contributed by atoms with van der Waals surface area (Å²) in [5.74, 6) is -2.24. The summed E-state index contributed by atoms with van der Waals surface area (Å²) in [5.41, 5.74) is 0.528. The summed E-state index contributed by atoms with van der Waals surface area (Å²) >= 11 is 0. The zero-order valence-electron chi connectivity index (χ0n) is 20.4. The van der Waals surface area contributed by atoms with Crippen molar-refractivity contribution < 1.29 is 32.3 Å². The number of para-hydroxylation sites is 1. The molecule has 0 aliphatic carbocycles. The van der Waals surface area contributed by atoms with Gasteiger partial charge in [-0.25, -0.2) is 0 Å². The van der Waals surface area contributed by atoms with E-state index in [-0.39, 0.29) is 25.1 Å². The zero-order valence-corrected chi connectivity index (χ0v) is 20.4. The fourth-order valence-corrected chi connectivity index (χ4v) is 4.35. The number of amides is 4. The van der Waals surface area contributed by atoms with E-state index in [1.54, 1.807) is 6.20 Å². The number of nitrogens with zero attached hydrogens (tertiary/aromatic N) is 1. The van der Waals surface area contributed by atoms with Gasteiger partial charge in [-0.05, 0) is 30.2 Å². The minimum atomic E-state index is -4.60. The molecule has 0 spiro atoms. The highest BCUT2D eigenvalue weighted by Crippen LogP contribution is 2.31. The largest absolute Gasteiger partial charge is 0.416 e. The zero-order chi connectivity index (χ0) is 27.4. The van der Waals surface area contributed by atoms with Crippen LogP contribution in [0.4, 0.5) is 13.2 Å². The number of benzene rings is 2. The molecule has 200 valence electrons. The number of piperazine rings is 1. The van der Waals surface area contributed by atoms with Crippen molar-refractivity contribution in [2.24, 2.45) is 0 Å². The number of H-pyrrole nitrogens is 1. The van der Waals surface area contributed by atoms with Crippen molar-refractivity contribution >= 4 is 34.5 Å². The van der Waals surface area contributed by atoms with Crippen LogP contribution in [0.2, 0.25) is 0 Å². The molecular weight excluding hydrogens is 503 g/mol. The minimum absolute atomic E-state index is 0.0314. The summed E-state index contributed by atoms with van der Waals surface area (Å²) in [7, 11) is 0. The van der Waals surface area contributed by atoms with Gasteiger partial charge in [0.15, 0.2) is 0 Å². The molecule has 38 heavy (non-hydrogen) atoms. The topological polar surface area (TPSA) is 123 Å². The van der Waals surface area contributed by atoms with Gasteiger partial charge in [0, 0.05) is 30.1 Å². The number of carbonyl (C=O) groups excluding carboxylic acids is 4. The third-order valence-corrected chi connectivity index (χ3v) is 6.43. The summed E-state index contributed by atoms with van der Waals surface area (Å²) < 4.78 is 40.2. The monoisotopic (exact) mass is 529 g/mol. The number of hydrogen-bond acceptors (Lipinski definition) is 4. The average molecular weight is 530 g/mol. The highest BCUT2D eigenvalue weighted by Gasteiger charge is 2.35. The van der Waals surface area contributed by atoms with Gasteiger partial charge in [0.1, 0.15) is 18.6 Å². The van der Waals surface area contributed by atoms with Gasteiger partial charge in [-0.2, -0.15) is 13.2 Å². The number of fused-ring (bicyclic) bond motifs is 1. The third kappa shape index (κ3) is 5.96. The standard InChI is InChI=1S/C26H26F3N5O4/c1-15(34-14-22(35)31-13-23(34)36)24(37)33-21(10-17-12-30-20-9-5-3-7-18(17)20)25(38)32-11-16-6-2-4-8-19(16)26(27,28)29/h2-9,12,15,21,30H,10-11,13-14H2,1H3,(H,31,35)(H,32,38)(H,33,37). The molecule has 0 bridgehead atoms. The van der Waals surface area contributed by atoms with Crippen LogP contribution in [0, 0.1) is 0 Å². The molecule has 3 aromatic rings. The predicted molar refractivity (Wildman–Crippen MR) is 131 cm³/mol. The van der Waals surface area contributed by atoms with Crippen molar-refractivity contribution in [3.05, 3.63) is 71.4 Å². The molecule has 9 nitrogen and oxygen atoms in total. The van der Waals surface area contributed by atoms with E-state index in [1.165, 1.54) is 25.1 Å². The van der Waals surface area contributed by atoms with Gasteiger partial charge in [0.2, 0.25) is 23.6 Å². The van der Waals surface area contributed by atoms with Gasteiger partial charge in [-0.1, -0.05) is 36.4 Å². The molecule has 4 amide bonds. The van der Waals surface area contributed by atoms with E-state index in [1.807, 2.05) is 24.3 Å². The van der Waals surface area contributed by atoms with Crippen molar-refractivity contribution in [2.75, 3.05) is 13.1 Å². The second kappa shape index (κ2) is 11.0. The van der Waals surface area contributed by atoms with Gasteiger partial charge < -0.3 is 25.8 Å². The molecule has 1 aromatic heterocycles. The number of rotatable bonds is 8. The van der Waals surface area contributed by atoms with E-state index in [9.17, 15) is 32.3 Å². The lowest BCUT2D eigenvalue weighted by molar-refractivity contribution is -0.146. The Morgan fingerprint density at radius 3 is 2.50 bits per heavy atom. The Morgan fingerprint density at radius 2 is 1.74 bits per heavy atom. The van der Waals surface area contributed by atoms with Gasteiger partial charge in [0.25, 0.3) is 0 Å². The molecule has 2 unspecified atom stereocenters. The lowest BCUT2D eigenvalue weighted by Crippen LogP contribution is -2.60. The van der Waals surface area contributed by atoms with E-state index >= 15 is 0 Å². The van der Waals surface area contributed by atoms with Crippen molar-refractivity contribution in [1.29, 1.82) is 0 Å². The fourth-order valence-electron chi connectivity index (χ4n) is 4.35. The average Bonchev–Trinajstić information content (AvgIpc) is 3.30. The Labute approximate surface area is 215 Å². The highest BCUT2D eigenvalue weighted by atomic mass is 19.4.